The number of aryl methyl sites for hydroxylation is 1. The van der Waals surface area contributed by atoms with Gasteiger partial charge < -0.3 is 10.2 Å². The Morgan fingerprint density at radius 2 is 1.97 bits per heavy atom. The molecule has 2 aromatic heterocycles. The molecule has 33 heavy (non-hydrogen) atoms. The fourth-order valence-electron chi connectivity index (χ4n) is 5.71. The molecule has 2 saturated heterocycles. The SMILES string of the molecule is Cc1cc(C(C)Nc2ccccc2C=O)c2nc(N3CC4CCC3CC4)n3cnnc3c2c1. The second-order valence-corrected chi connectivity index (χ2v) is 9.58. The molecule has 7 nitrogen and oxygen atoms in total. The molecule has 0 radical (unpaired) electrons. The second kappa shape index (κ2) is 7.83. The number of fused-ring (bicyclic) bond motifs is 6. The number of aldehydes is 1. The van der Waals surface area contributed by atoms with Gasteiger partial charge in [0.1, 0.15) is 6.33 Å². The van der Waals surface area contributed by atoms with Crippen LogP contribution >= 0.6 is 0 Å². The van der Waals surface area contributed by atoms with Crippen LogP contribution in [-0.2, 0) is 0 Å². The first-order chi connectivity index (χ1) is 16.1. The van der Waals surface area contributed by atoms with Gasteiger partial charge in [0, 0.05) is 34.8 Å². The third-order valence-electron chi connectivity index (χ3n) is 7.39. The number of carbonyl (C=O) groups excluding carboxylic acids is 1. The first-order valence-electron chi connectivity index (χ1n) is 11.8. The number of rotatable bonds is 5. The average molecular weight is 441 g/mol. The van der Waals surface area contributed by atoms with E-state index in [-0.39, 0.29) is 6.04 Å². The standard InChI is InChI=1S/C26H28N6O/c1-16-11-21(17(2)28-23-6-4-3-5-19(23)14-33)24-22(12-16)25-30-27-15-32(25)26(29-24)31-13-18-7-9-20(31)10-8-18/h3-6,11-12,14-15,17-18,20,28H,7-10,13H2,1-2H3. The number of para-hydroxylation sites is 1. The molecule has 1 aliphatic carbocycles. The van der Waals surface area contributed by atoms with Crippen LogP contribution in [0.1, 0.15) is 60.1 Å². The highest BCUT2D eigenvalue weighted by Gasteiger charge is 2.36. The lowest BCUT2D eigenvalue weighted by atomic mass is 9.80. The quantitative estimate of drug-likeness (QED) is 0.443. The number of carbonyl (C=O) groups is 1. The van der Waals surface area contributed by atoms with E-state index in [4.69, 9.17) is 4.98 Å². The average Bonchev–Trinajstić information content (AvgIpc) is 3.34. The third-order valence-corrected chi connectivity index (χ3v) is 7.39. The number of nitrogens with zero attached hydrogens (tertiary/aromatic N) is 5. The molecular formula is C26H28N6O. The van der Waals surface area contributed by atoms with Gasteiger partial charge in [-0.3, -0.25) is 9.20 Å². The van der Waals surface area contributed by atoms with Crippen molar-refractivity contribution in [2.75, 3.05) is 16.8 Å². The van der Waals surface area contributed by atoms with E-state index in [1.54, 1.807) is 6.33 Å². The Morgan fingerprint density at radius 3 is 2.73 bits per heavy atom. The number of anilines is 2. The molecule has 1 N–H and O–H groups in total. The molecule has 2 aliphatic heterocycles. The van der Waals surface area contributed by atoms with E-state index in [2.05, 4.69) is 50.8 Å². The zero-order valence-corrected chi connectivity index (χ0v) is 19.0. The topological polar surface area (TPSA) is 75.4 Å². The normalized spacial score (nSPS) is 21.0. The maximum absolute atomic E-state index is 11.5. The summed E-state index contributed by atoms with van der Waals surface area (Å²) >= 11 is 0. The molecule has 2 bridgehead atoms. The van der Waals surface area contributed by atoms with Crippen LogP contribution in [0.4, 0.5) is 11.6 Å². The number of nitrogens with one attached hydrogen (secondary N) is 1. The molecule has 2 aromatic carbocycles. The molecule has 0 amide bonds. The lowest BCUT2D eigenvalue weighted by molar-refractivity contribution is 0.112. The first kappa shape index (κ1) is 20.1. The zero-order valence-electron chi connectivity index (χ0n) is 19.0. The highest BCUT2D eigenvalue weighted by molar-refractivity contribution is 5.95. The molecule has 1 unspecified atom stereocenters. The van der Waals surface area contributed by atoms with Crippen molar-refractivity contribution in [3.05, 3.63) is 59.4 Å². The first-order valence-corrected chi connectivity index (χ1v) is 11.8. The molecule has 3 fully saturated rings. The van der Waals surface area contributed by atoms with Crippen LogP contribution in [0.25, 0.3) is 16.6 Å². The summed E-state index contributed by atoms with van der Waals surface area (Å²) in [7, 11) is 0. The summed E-state index contributed by atoms with van der Waals surface area (Å²) in [6, 6.07) is 12.4. The van der Waals surface area contributed by atoms with Crippen LogP contribution in [0, 0.1) is 12.8 Å². The van der Waals surface area contributed by atoms with Crippen LogP contribution in [-0.4, -0.2) is 38.5 Å². The molecular weight excluding hydrogens is 412 g/mol. The second-order valence-electron chi connectivity index (χ2n) is 9.58. The Balaban J connectivity index is 1.50. The van der Waals surface area contributed by atoms with Crippen molar-refractivity contribution < 1.29 is 4.79 Å². The van der Waals surface area contributed by atoms with Gasteiger partial charge in [-0.2, -0.15) is 0 Å². The molecule has 7 rings (SSSR count). The molecule has 168 valence electrons. The number of hydrogen-bond donors (Lipinski definition) is 1. The van der Waals surface area contributed by atoms with E-state index in [1.807, 2.05) is 24.3 Å². The summed E-state index contributed by atoms with van der Waals surface area (Å²) in [6.07, 6.45) is 7.79. The van der Waals surface area contributed by atoms with Crippen molar-refractivity contribution in [3.63, 3.8) is 0 Å². The molecule has 4 heterocycles. The van der Waals surface area contributed by atoms with Crippen LogP contribution in [0.15, 0.2) is 42.7 Å². The Morgan fingerprint density at radius 1 is 1.15 bits per heavy atom. The van der Waals surface area contributed by atoms with Gasteiger partial charge >= 0.3 is 0 Å². The zero-order chi connectivity index (χ0) is 22.5. The van der Waals surface area contributed by atoms with Crippen molar-refractivity contribution in [2.45, 2.75) is 51.6 Å². The summed E-state index contributed by atoms with van der Waals surface area (Å²) in [4.78, 5) is 19.3. The maximum atomic E-state index is 11.5. The molecule has 7 heteroatoms. The lowest BCUT2D eigenvalue weighted by Crippen LogP contribution is -2.49. The fourth-order valence-corrected chi connectivity index (χ4v) is 5.71. The van der Waals surface area contributed by atoms with E-state index in [0.717, 1.165) is 58.1 Å². The van der Waals surface area contributed by atoms with Gasteiger partial charge in [0.25, 0.3) is 0 Å². The number of benzene rings is 2. The summed E-state index contributed by atoms with van der Waals surface area (Å²) in [5.41, 5.74) is 5.51. The summed E-state index contributed by atoms with van der Waals surface area (Å²) in [6.45, 7) is 5.27. The minimum absolute atomic E-state index is 0.0444. The predicted octanol–water partition coefficient (Wildman–Crippen LogP) is 4.95. The van der Waals surface area contributed by atoms with E-state index < -0.39 is 0 Å². The lowest BCUT2D eigenvalue weighted by Gasteiger charge is -2.45. The van der Waals surface area contributed by atoms with Crippen LogP contribution in [0.2, 0.25) is 0 Å². The van der Waals surface area contributed by atoms with E-state index in [9.17, 15) is 4.79 Å². The fraction of sp³-hybridized carbons (Fsp3) is 0.385. The van der Waals surface area contributed by atoms with E-state index >= 15 is 0 Å². The third kappa shape index (κ3) is 3.34. The van der Waals surface area contributed by atoms with E-state index in [0.29, 0.717) is 11.6 Å². The van der Waals surface area contributed by atoms with Gasteiger partial charge in [-0.25, -0.2) is 4.98 Å². The van der Waals surface area contributed by atoms with Crippen LogP contribution < -0.4 is 10.2 Å². The van der Waals surface area contributed by atoms with Crippen LogP contribution in [0.5, 0.6) is 0 Å². The summed E-state index contributed by atoms with van der Waals surface area (Å²) < 4.78 is 2.06. The van der Waals surface area contributed by atoms with Gasteiger partial charge in [0.05, 0.1) is 11.6 Å². The van der Waals surface area contributed by atoms with Gasteiger partial charge in [-0.05, 0) is 69.2 Å². The van der Waals surface area contributed by atoms with Gasteiger partial charge in [-0.1, -0.05) is 18.2 Å². The molecule has 3 aliphatic rings. The highest BCUT2D eigenvalue weighted by atomic mass is 16.1. The Labute approximate surface area is 192 Å². The number of piperidine rings is 2. The predicted molar refractivity (Wildman–Crippen MR) is 130 cm³/mol. The molecule has 4 aromatic rings. The number of aromatic nitrogens is 4. The van der Waals surface area contributed by atoms with Crippen molar-refractivity contribution in [1.29, 1.82) is 0 Å². The van der Waals surface area contributed by atoms with Gasteiger partial charge in [0.15, 0.2) is 11.9 Å². The van der Waals surface area contributed by atoms with Gasteiger partial charge in [-0.15, -0.1) is 10.2 Å². The largest absolute Gasteiger partial charge is 0.378 e. The molecule has 1 saturated carbocycles. The molecule has 1 atom stereocenters. The smallest absolute Gasteiger partial charge is 0.213 e. The van der Waals surface area contributed by atoms with Crippen LogP contribution in [0.3, 0.4) is 0 Å². The van der Waals surface area contributed by atoms with E-state index in [1.165, 1.54) is 25.7 Å². The number of hydrogen-bond acceptors (Lipinski definition) is 6. The minimum Gasteiger partial charge on any atom is -0.378 e. The summed E-state index contributed by atoms with van der Waals surface area (Å²) in [5, 5.41) is 13.3. The van der Waals surface area contributed by atoms with Crippen molar-refractivity contribution >= 4 is 34.5 Å². The van der Waals surface area contributed by atoms with Crippen molar-refractivity contribution in [2.24, 2.45) is 5.92 Å². The van der Waals surface area contributed by atoms with Gasteiger partial charge in [0.2, 0.25) is 5.95 Å². The Kier molecular flexibility index (Phi) is 4.78. The van der Waals surface area contributed by atoms with Crippen molar-refractivity contribution in [1.82, 2.24) is 19.6 Å². The van der Waals surface area contributed by atoms with Crippen molar-refractivity contribution in [3.8, 4) is 0 Å². The Bertz CT molecular complexity index is 1350. The molecule has 0 spiro atoms. The highest BCUT2D eigenvalue weighted by Crippen LogP contribution is 2.39. The summed E-state index contributed by atoms with van der Waals surface area (Å²) in [5.74, 6) is 1.69. The monoisotopic (exact) mass is 440 g/mol. The maximum Gasteiger partial charge on any atom is 0.213 e. The minimum atomic E-state index is -0.0444. The Hall–Kier alpha value is -3.48.